The normalized spacial score (nSPS) is 26.1. The van der Waals surface area contributed by atoms with E-state index in [9.17, 15) is 0 Å². The second kappa shape index (κ2) is 5.74. The van der Waals surface area contributed by atoms with E-state index >= 15 is 0 Å². The molecule has 2 fully saturated rings. The summed E-state index contributed by atoms with van der Waals surface area (Å²) >= 11 is 0. The molecule has 0 N–H and O–H groups in total. The third-order valence-corrected chi connectivity index (χ3v) is 4.30. The van der Waals surface area contributed by atoms with Crippen molar-refractivity contribution in [2.45, 2.75) is 53.2 Å². The van der Waals surface area contributed by atoms with E-state index in [4.69, 9.17) is 14.0 Å². The highest BCUT2D eigenvalue weighted by Gasteiger charge is 2.37. The summed E-state index contributed by atoms with van der Waals surface area (Å²) in [5.74, 6) is 0. The van der Waals surface area contributed by atoms with Gasteiger partial charge in [0.15, 0.2) is 0 Å². The van der Waals surface area contributed by atoms with Gasteiger partial charge in [0.05, 0.1) is 5.69 Å². The predicted molar refractivity (Wildman–Crippen MR) is 81.6 cm³/mol. The van der Waals surface area contributed by atoms with Gasteiger partial charge >= 0.3 is 7.12 Å². The van der Waals surface area contributed by atoms with Gasteiger partial charge in [-0.3, -0.25) is 0 Å². The van der Waals surface area contributed by atoms with Gasteiger partial charge in [-0.15, -0.1) is 0 Å². The fraction of sp³-hybridized carbons (Fsp3) is 0.800. The van der Waals surface area contributed by atoms with Crippen molar-refractivity contribution in [3.05, 3.63) is 11.4 Å². The number of ether oxygens (including phenoxy) is 1. The van der Waals surface area contributed by atoms with Gasteiger partial charge < -0.3 is 14.0 Å². The minimum atomic E-state index is -0.296. The molecule has 5 nitrogen and oxygen atoms in total. The molecule has 2 saturated heterocycles. The number of nitrogens with zero attached hydrogens (tertiary/aromatic N) is 2. The molecule has 0 aromatic carbocycles. The van der Waals surface area contributed by atoms with Crippen molar-refractivity contribution in [3.63, 3.8) is 0 Å². The first kappa shape index (κ1) is 15.1. The summed E-state index contributed by atoms with van der Waals surface area (Å²) < 4.78 is 19.7. The van der Waals surface area contributed by atoms with Gasteiger partial charge in [-0.05, 0) is 33.1 Å². The van der Waals surface area contributed by atoms with Crippen LogP contribution in [0.1, 0.15) is 50.7 Å². The molecule has 6 heteroatoms. The number of hydrogen-bond acceptors (Lipinski definition) is 4. The smallest absolute Gasteiger partial charge is 0.407 e. The summed E-state index contributed by atoms with van der Waals surface area (Å²) in [6.07, 6.45) is 3.43. The highest BCUT2D eigenvalue weighted by atomic mass is 16.6. The summed E-state index contributed by atoms with van der Waals surface area (Å²) in [5.41, 5.74) is 3.23. The van der Waals surface area contributed by atoms with Gasteiger partial charge in [-0.2, -0.15) is 5.10 Å². The first-order valence-electron chi connectivity index (χ1n) is 7.88. The summed E-state index contributed by atoms with van der Waals surface area (Å²) in [6, 6.07) is 0. The van der Waals surface area contributed by atoms with Crippen LogP contribution in [0.5, 0.6) is 0 Å². The average molecular weight is 292 g/mol. The Labute approximate surface area is 127 Å². The molecule has 0 amide bonds. The topological polar surface area (TPSA) is 45.5 Å². The van der Waals surface area contributed by atoms with E-state index < -0.39 is 0 Å². The molecule has 1 atom stereocenters. The molecule has 0 spiro atoms. The van der Waals surface area contributed by atoms with Crippen LogP contribution in [-0.4, -0.2) is 36.7 Å². The maximum Gasteiger partial charge on any atom is 0.497 e. The van der Waals surface area contributed by atoms with Gasteiger partial charge in [0.1, 0.15) is 6.23 Å². The summed E-state index contributed by atoms with van der Waals surface area (Å²) in [5, 5.41) is 4.68. The molecule has 0 radical (unpaired) electrons. The Morgan fingerprint density at radius 3 is 2.52 bits per heavy atom. The van der Waals surface area contributed by atoms with E-state index in [1.807, 2.05) is 11.6 Å². The molecule has 21 heavy (non-hydrogen) atoms. The Kier molecular flexibility index (Phi) is 4.12. The van der Waals surface area contributed by atoms with Gasteiger partial charge in [-0.25, -0.2) is 4.68 Å². The summed E-state index contributed by atoms with van der Waals surface area (Å²) in [6.45, 7) is 10.7. The fourth-order valence-corrected chi connectivity index (χ4v) is 3.07. The molecular weight excluding hydrogens is 267 g/mol. The number of rotatable bonds is 2. The van der Waals surface area contributed by atoms with E-state index in [0.29, 0.717) is 13.2 Å². The average Bonchev–Trinajstić information content (AvgIpc) is 2.76. The maximum atomic E-state index is 5.93. The zero-order chi connectivity index (χ0) is 15.0. The van der Waals surface area contributed by atoms with Crippen LogP contribution < -0.4 is 5.46 Å². The Balaban J connectivity index is 1.81. The van der Waals surface area contributed by atoms with Crippen LogP contribution in [-0.2, 0) is 14.0 Å². The first-order chi connectivity index (χ1) is 9.98. The van der Waals surface area contributed by atoms with Gasteiger partial charge in [0.25, 0.3) is 0 Å². The van der Waals surface area contributed by atoms with E-state index in [-0.39, 0.29) is 18.8 Å². The Morgan fingerprint density at radius 1 is 1.19 bits per heavy atom. The second-order valence-corrected chi connectivity index (χ2v) is 6.97. The molecule has 0 aliphatic carbocycles. The third-order valence-electron chi connectivity index (χ3n) is 4.30. The van der Waals surface area contributed by atoms with E-state index in [2.05, 4.69) is 25.9 Å². The molecule has 3 heterocycles. The zero-order valence-corrected chi connectivity index (χ0v) is 13.5. The number of hydrogen-bond donors (Lipinski definition) is 0. The molecular formula is C15H25BN2O3. The van der Waals surface area contributed by atoms with Crippen molar-refractivity contribution in [2.75, 3.05) is 19.8 Å². The van der Waals surface area contributed by atoms with Crippen molar-refractivity contribution < 1.29 is 14.0 Å². The van der Waals surface area contributed by atoms with Gasteiger partial charge in [0.2, 0.25) is 0 Å². The van der Waals surface area contributed by atoms with Crippen molar-refractivity contribution in [2.24, 2.45) is 5.41 Å². The molecule has 116 valence electrons. The van der Waals surface area contributed by atoms with Crippen LogP contribution in [0.2, 0.25) is 0 Å². The molecule has 2 aliphatic rings. The van der Waals surface area contributed by atoms with E-state index in [0.717, 1.165) is 36.3 Å². The molecule has 1 aromatic heterocycles. The minimum Gasteiger partial charge on any atom is -0.407 e. The lowest BCUT2D eigenvalue weighted by atomic mass is 9.74. The van der Waals surface area contributed by atoms with Crippen LogP contribution >= 0.6 is 0 Å². The van der Waals surface area contributed by atoms with E-state index in [1.54, 1.807) is 0 Å². The molecule has 1 aromatic rings. The summed E-state index contributed by atoms with van der Waals surface area (Å²) in [7, 11) is -0.296. The lowest BCUT2D eigenvalue weighted by molar-refractivity contribution is -0.0407. The molecule has 1 unspecified atom stereocenters. The Hall–Kier alpha value is -0.845. The highest BCUT2D eigenvalue weighted by Crippen LogP contribution is 2.25. The maximum absolute atomic E-state index is 5.93. The van der Waals surface area contributed by atoms with Crippen molar-refractivity contribution >= 4 is 12.6 Å². The Morgan fingerprint density at radius 2 is 1.90 bits per heavy atom. The largest absolute Gasteiger partial charge is 0.497 e. The lowest BCUT2D eigenvalue weighted by Crippen LogP contribution is -2.48. The molecule has 3 rings (SSSR count). The lowest BCUT2D eigenvalue weighted by Gasteiger charge is -2.33. The first-order valence-corrected chi connectivity index (χ1v) is 7.88. The standard InChI is InChI=1S/C15H25BN2O3/c1-11-14(16-20-9-15(3,4)10-21-16)12(2)18(17-11)13-7-5-6-8-19-13/h13H,5-10H2,1-4H3. The minimum absolute atomic E-state index is 0.0613. The van der Waals surface area contributed by atoms with Crippen LogP contribution in [0.3, 0.4) is 0 Å². The van der Waals surface area contributed by atoms with Crippen LogP contribution in [0, 0.1) is 19.3 Å². The molecule has 2 aliphatic heterocycles. The van der Waals surface area contributed by atoms with Gasteiger partial charge in [0, 0.05) is 36.4 Å². The van der Waals surface area contributed by atoms with Gasteiger partial charge in [-0.1, -0.05) is 13.8 Å². The SMILES string of the molecule is Cc1nn(C2CCCCO2)c(C)c1B1OCC(C)(C)CO1. The van der Waals surface area contributed by atoms with Crippen LogP contribution in [0.25, 0.3) is 0 Å². The van der Waals surface area contributed by atoms with Crippen molar-refractivity contribution in [1.82, 2.24) is 9.78 Å². The van der Waals surface area contributed by atoms with E-state index in [1.165, 1.54) is 6.42 Å². The molecule has 0 saturated carbocycles. The Bertz CT molecular complexity index is 499. The second-order valence-electron chi connectivity index (χ2n) is 6.97. The third kappa shape index (κ3) is 3.03. The molecule has 0 bridgehead atoms. The van der Waals surface area contributed by atoms with Crippen LogP contribution in [0.15, 0.2) is 0 Å². The quantitative estimate of drug-likeness (QED) is 0.782. The van der Waals surface area contributed by atoms with Crippen molar-refractivity contribution in [1.29, 1.82) is 0 Å². The number of aryl methyl sites for hydroxylation is 1. The summed E-state index contributed by atoms with van der Waals surface area (Å²) in [4.78, 5) is 0. The zero-order valence-electron chi connectivity index (χ0n) is 13.5. The van der Waals surface area contributed by atoms with Crippen LogP contribution in [0.4, 0.5) is 0 Å². The highest BCUT2D eigenvalue weighted by molar-refractivity contribution is 6.62. The number of aromatic nitrogens is 2. The predicted octanol–water partition coefficient (Wildman–Crippen LogP) is 1.97. The fourth-order valence-electron chi connectivity index (χ4n) is 3.07. The van der Waals surface area contributed by atoms with Crippen molar-refractivity contribution in [3.8, 4) is 0 Å². The monoisotopic (exact) mass is 292 g/mol.